The molecule has 1 aromatic carbocycles. The van der Waals surface area contributed by atoms with Crippen molar-refractivity contribution in [1.29, 1.82) is 0 Å². The molecule has 0 aromatic heterocycles. The lowest BCUT2D eigenvalue weighted by atomic mass is 9.96. The number of hydrogen-bond acceptors (Lipinski definition) is 3. The minimum Gasteiger partial charge on any atom is -0.490 e. The molecule has 1 saturated heterocycles. The molecule has 0 aliphatic carbocycles. The maximum absolute atomic E-state index is 13.9. The minimum absolute atomic E-state index is 0.241. The van der Waals surface area contributed by atoms with Crippen molar-refractivity contribution in [2.45, 2.75) is 38.4 Å². The third-order valence-electron chi connectivity index (χ3n) is 3.82. The van der Waals surface area contributed by atoms with Crippen molar-refractivity contribution in [2.24, 2.45) is 0 Å². The normalized spacial score (nSPS) is 24.0. The first kappa shape index (κ1) is 12.7. The van der Waals surface area contributed by atoms with Crippen LogP contribution in [0.15, 0.2) is 12.1 Å². The molecule has 2 heterocycles. The molecule has 1 fully saturated rings. The van der Waals surface area contributed by atoms with Crippen LogP contribution in [0.1, 0.15) is 49.5 Å². The summed E-state index contributed by atoms with van der Waals surface area (Å²) in [6.07, 6.45) is 2.07. The molecule has 3 rings (SSSR count). The Morgan fingerprint density at radius 2 is 1.95 bits per heavy atom. The fourth-order valence-corrected chi connectivity index (χ4v) is 2.84. The smallest absolute Gasteiger partial charge is 0.161 e. The van der Waals surface area contributed by atoms with Gasteiger partial charge >= 0.3 is 0 Å². The fourth-order valence-electron chi connectivity index (χ4n) is 2.84. The van der Waals surface area contributed by atoms with Crippen LogP contribution in [0.25, 0.3) is 0 Å². The summed E-state index contributed by atoms with van der Waals surface area (Å²) >= 11 is 0. The van der Waals surface area contributed by atoms with Crippen molar-refractivity contribution in [3.8, 4) is 11.5 Å². The molecule has 0 saturated carbocycles. The van der Waals surface area contributed by atoms with E-state index in [9.17, 15) is 4.39 Å². The Morgan fingerprint density at radius 3 is 2.58 bits per heavy atom. The van der Waals surface area contributed by atoms with E-state index in [1.54, 1.807) is 6.92 Å². The Hall–Kier alpha value is -1.29. The molecule has 0 spiro atoms. The number of halogens is 1. The predicted molar refractivity (Wildman–Crippen MR) is 71.5 cm³/mol. The van der Waals surface area contributed by atoms with E-state index in [0.717, 1.165) is 42.7 Å². The molecule has 104 valence electrons. The number of fused-ring (bicyclic) bond motifs is 1. The number of ether oxygens (including phenoxy) is 2. The number of hydrogen-bond donors (Lipinski definition) is 1. The van der Waals surface area contributed by atoms with Gasteiger partial charge in [-0.05, 0) is 49.6 Å². The van der Waals surface area contributed by atoms with Crippen molar-refractivity contribution in [3.05, 3.63) is 23.3 Å². The first-order valence-corrected chi connectivity index (χ1v) is 7.06. The summed E-state index contributed by atoms with van der Waals surface area (Å²) in [6.45, 7) is 3.88. The van der Waals surface area contributed by atoms with Crippen LogP contribution < -0.4 is 14.8 Å². The zero-order valence-electron chi connectivity index (χ0n) is 11.2. The Bertz CT molecular complexity index is 456. The molecule has 2 unspecified atom stereocenters. The Balaban J connectivity index is 2.02. The van der Waals surface area contributed by atoms with Crippen LogP contribution in [0, 0.1) is 0 Å². The van der Waals surface area contributed by atoms with Gasteiger partial charge in [0, 0.05) is 12.5 Å². The molecule has 4 heteroatoms. The van der Waals surface area contributed by atoms with Crippen molar-refractivity contribution in [2.75, 3.05) is 19.8 Å². The molecule has 1 aromatic rings. The molecule has 2 aliphatic heterocycles. The highest BCUT2D eigenvalue weighted by atomic mass is 19.1. The summed E-state index contributed by atoms with van der Waals surface area (Å²) in [6, 6.07) is 4.03. The average molecular weight is 265 g/mol. The molecule has 2 atom stereocenters. The van der Waals surface area contributed by atoms with Gasteiger partial charge in [0.25, 0.3) is 0 Å². The van der Waals surface area contributed by atoms with Crippen molar-refractivity contribution in [1.82, 2.24) is 5.32 Å². The molecule has 2 aliphatic rings. The van der Waals surface area contributed by atoms with Crippen LogP contribution in [-0.2, 0) is 0 Å². The SMILES string of the molecule is CC(F)c1cc2c(cc1C1CCCN1)OCCCO2. The van der Waals surface area contributed by atoms with Gasteiger partial charge < -0.3 is 14.8 Å². The van der Waals surface area contributed by atoms with Crippen molar-refractivity contribution in [3.63, 3.8) is 0 Å². The van der Waals surface area contributed by atoms with Crippen LogP contribution in [0.2, 0.25) is 0 Å². The molecular weight excluding hydrogens is 245 g/mol. The van der Waals surface area contributed by atoms with Gasteiger partial charge in [0.15, 0.2) is 11.5 Å². The molecule has 0 radical (unpaired) electrons. The van der Waals surface area contributed by atoms with Gasteiger partial charge in [0.2, 0.25) is 0 Å². The number of benzene rings is 1. The number of alkyl halides is 1. The topological polar surface area (TPSA) is 30.5 Å². The zero-order valence-corrected chi connectivity index (χ0v) is 11.2. The zero-order chi connectivity index (χ0) is 13.2. The van der Waals surface area contributed by atoms with Crippen LogP contribution >= 0.6 is 0 Å². The third-order valence-corrected chi connectivity index (χ3v) is 3.82. The van der Waals surface area contributed by atoms with Gasteiger partial charge in [-0.1, -0.05) is 0 Å². The van der Waals surface area contributed by atoms with E-state index in [4.69, 9.17) is 9.47 Å². The second-order valence-corrected chi connectivity index (χ2v) is 5.24. The van der Waals surface area contributed by atoms with Crippen LogP contribution in [0.5, 0.6) is 11.5 Å². The second kappa shape index (κ2) is 5.37. The Kier molecular flexibility index (Phi) is 3.60. The van der Waals surface area contributed by atoms with E-state index >= 15 is 0 Å². The molecule has 3 nitrogen and oxygen atoms in total. The van der Waals surface area contributed by atoms with Crippen LogP contribution in [0.3, 0.4) is 0 Å². The maximum atomic E-state index is 13.9. The molecule has 0 amide bonds. The quantitative estimate of drug-likeness (QED) is 0.890. The summed E-state index contributed by atoms with van der Waals surface area (Å²) in [7, 11) is 0. The monoisotopic (exact) mass is 265 g/mol. The van der Waals surface area contributed by atoms with Gasteiger partial charge in [0.1, 0.15) is 6.17 Å². The first-order valence-electron chi connectivity index (χ1n) is 7.06. The third kappa shape index (κ3) is 2.54. The number of rotatable bonds is 2. The van der Waals surface area contributed by atoms with Crippen LogP contribution in [-0.4, -0.2) is 19.8 Å². The van der Waals surface area contributed by atoms with Crippen LogP contribution in [0.4, 0.5) is 4.39 Å². The summed E-state index contributed by atoms with van der Waals surface area (Å²) in [5, 5.41) is 3.43. The van der Waals surface area contributed by atoms with Crippen molar-refractivity contribution >= 4 is 0 Å². The predicted octanol–water partition coefficient (Wildman–Crippen LogP) is 3.30. The molecular formula is C15H20FNO2. The summed E-state index contributed by atoms with van der Waals surface area (Å²) in [5.41, 5.74) is 1.75. The number of nitrogens with one attached hydrogen (secondary N) is 1. The Morgan fingerprint density at radius 1 is 1.21 bits per heavy atom. The summed E-state index contributed by atoms with van der Waals surface area (Å²) < 4.78 is 25.2. The largest absolute Gasteiger partial charge is 0.490 e. The maximum Gasteiger partial charge on any atom is 0.161 e. The highest BCUT2D eigenvalue weighted by Crippen LogP contribution is 2.40. The summed E-state index contributed by atoms with van der Waals surface area (Å²) in [5.74, 6) is 1.43. The van der Waals surface area contributed by atoms with E-state index in [2.05, 4.69) is 5.32 Å². The highest BCUT2D eigenvalue weighted by molar-refractivity contribution is 5.49. The van der Waals surface area contributed by atoms with E-state index in [1.165, 1.54) is 0 Å². The summed E-state index contributed by atoms with van der Waals surface area (Å²) in [4.78, 5) is 0. The average Bonchev–Trinajstić information content (AvgIpc) is 2.83. The van der Waals surface area contributed by atoms with E-state index in [1.807, 2.05) is 12.1 Å². The lowest BCUT2D eigenvalue weighted by Gasteiger charge is -2.20. The lowest BCUT2D eigenvalue weighted by molar-refractivity contribution is 0.296. The minimum atomic E-state index is -0.991. The first-order chi connectivity index (χ1) is 9.25. The van der Waals surface area contributed by atoms with E-state index in [-0.39, 0.29) is 6.04 Å². The fraction of sp³-hybridized carbons (Fsp3) is 0.600. The molecule has 1 N–H and O–H groups in total. The van der Waals surface area contributed by atoms with Gasteiger partial charge in [-0.25, -0.2) is 4.39 Å². The second-order valence-electron chi connectivity index (χ2n) is 5.24. The highest BCUT2D eigenvalue weighted by Gasteiger charge is 2.25. The van der Waals surface area contributed by atoms with Gasteiger partial charge in [-0.15, -0.1) is 0 Å². The standard InChI is InChI=1S/C15H20FNO2/c1-10(16)11-8-14-15(19-7-3-6-18-14)9-12(11)13-4-2-5-17-13/h8-10,13,17H,2-7H2,1H3. The van der Waals surface area contributed by atoms with Crippen molar-refractivity contribution < 1.29 is 13.9 Å². The van der Waals surface area contributed by atoms with E-state index in [0.29, 0.717) is 19.0 Å². The lowest BCUT2D eigenvalue weighted by Crippen LogP contribution is -2.15. The Labute approximate surface area is 113 Å². The van der Waals surface area contributed by atoms with Gasteiger partial charge in [0.05, 0.1) is 13.2 Å². The van der Waals surface area contributed by atoms with Gasteiger partial charge in [-0.2, -0.15) is 0 Å². The molecule has 0 bridgehead atoms. The van der Waals surface area contributed by atoms with E-state index < -0.39 is 6.17 Å². The van der Waals surface area contributed by atoms with Gasteiger partial charge in [-0.3, -0.25) is 0 Å². The molecule has 19 heavy (non-hydrogen) atoms.